The van der Waals surface area contributed by atoms with Gasteiger partial charge in [-0.3, -0.25) is 4.79 Å². The Morgan fingerprint density at radius 2 is 2.41 bits per heavy atom. The first-order valence-corrected chi connectivity index (χ1v) is 6.94. The van der Waals surface area contributed by atoms with Crippen molar-refractivity contribution in [3.63, 3.8) is 0 Å². The number of carboxylic acid groups (broad SMARTS) is 1. The molecule has 1 heterocycles. The van der Waals surface area contributed by atoms with Crippen molar-refractivity contribution in [3.05, 3.63) is 29.8 Å². The molecule has 1 atom stereocenters. The molecule has 1 aromatic carbocycles. The first kappa shape index (κ1) is 12.3. The highest BCUT2D eigenvalue weighted by Crippen LogP contribution is 2.23. The van der Waals surface area contributed by atoms with Crippen molar-refractivity contribution in [2.24, 2.45) is 0 Å². The van der Waals surface area contributed by atoms with Crippen LogP contribution in [0.2, 0.25) is 0 Å². The van der Waals surface area contributed by atoms with E-state index in [9.17, 15) is 4.79 Å². The predicted molar refractivity (Wildman–Crippen MR) is 68.8 cm³/mol. The Balaban J connectivity index is 1.93. The van der Waals surface area contributed by atoms with Gasteiger partial charge in [0.2, 0.25) is 0 Å². The largest absolute Gasteiger partial charge is 0.490 e. The molecule has 1 saturated heterocycles. The zero-order chi connectivity index (χ0) is 12.1. The summed E-state index contributed by atoms with van der Waals surface area (Å²) in [4.78, 5) is 10.5. The summed E-state index contributed by atoms with van der Waals surface area (Å²) in [5, 5.41) is 8.64. The van der Waals surface area contributed by atoms with Gasteiger partial charge >= 0.3 is 5.97 Å². The molecular weight excluding hydrogens is 236 g/mol. The highest BCUT2D eigenvalue weighted by Gasteiger charge is 2.16. The van der Waals surface area contributed by atoms with Crippen LogP contribution in [-0.4, -0.2) is 28.7 Å². The maximum atomic E-state index is 10.5. The number of aryl methyl sites for hydroxylation is 1. The van der Waals surface area contributed by atoms with Crippen molar-refractivity contribution < 1.29 is 14.6 Å². The second kappa shape index (κ2) is 5.96. The van der Waals surface area contributed by atoms with Crippen LogP contribution in [-0.2, 0) is 11.2 Å². The zero-order valence-electron chi connectivity index (χ0n) is 9.59. The number of thioether (sulfide) groups is 1. The third-order valence-electron chi connectivity index (χ3n) is 2.72. The van der Waals surface area contributed by atoms with Crippen LogP contribution in [0, 0.1) is 0 Å². The molecule has 1 aliphatic rings. The number of carboxylic acids is 1. The van der Waals surface area contributed by atoms with Crippen LogP contribution in [0.5, 0.6) is 5.75 Å². The number of aliphatic carboxylic acids is 1. The standard InChI is InChI=1S/C13H16O3S/c14-13(15)5-4-10-2-1-3-11(8-10)16-12-6-7-17-9-12/h1-3,8,12H,4-7,9H2,(H,14,15). The maximum Gasteiger partial charge on any atom is 0.303 e. The molecule has 2 rings (SSSR count). The lowest BCUT2D eigenvalue weighted by Crippen LogP contribution is -2.14. The van der Waals surface area contributed by atoms with E-state index >= 15 is 0 Å². The van der Waals surface area contributed by atoms with Crippen LogP contribution >= 0.6 is 11.8 Å². The Morgan fingerprint density at radius 1 is 1.53 bits per heavy atom. The van der Waals surface area contributed by atoms with Gasteiger partial charge in [0.05, 0.1) is 0 Å². The number of benzene rings is 1. The Labute approximate surface area is 105 Å². The maximum absolute atomic E-state index is 10.5. The summed E-state index contributed by atoms with van der Waals surface area (Å²) in [6.45, 7) is 0. The summed E-state index contributed by atoms with van der Waals surface area (Å²) >= 11 is 1.92. The van der Waals surface area contributed by atoms with Crippen LogP contribution in [0.25, 0.3) is 0 Å². The fraction of sp³-hybridized carbons (Fsp3) is 0.462. The average molecular weight is 252 g/mol. The summed E-state index contributed by atoms with van der Waals surface area (Å²) in [5.74, 6) is 2.33. The molecule has 0 aromatic heterocycles. The zero-order valence-corrected chi connectivity index (χ0v) is 10.4. The molecule has 1 aromatic rings. The van der Waals surface area contributed by atoms with Gasteiger partial charge in [0.25, 0.3) is 0 Å². The normalized spacial score (nSPS) is 19.2. The Kier molecular flexibility index (Phi) is 4.31. The minimum Gasteiger partial charge on any atom is -0.490 e. The van der Waals surface area contributed by atoms with Gasteiger partial charge in [-0.05, 0) is 36.3 Å². The van der Waals surface area contributed by atoms with Crippen LogP contribution in [0.15, 0.2) is 24.3 Å². The molecule has 3 nitrogen and oxygen atoms in total. The van der Waals surface area contributed by atoms with E-state index in [-0.39, 0.29) is 6.42 Å². The van der Waals surface area contributed by atoms with Gasteiger partial charge in [-0.15, -0.1) is 0 Å². The number of carbonyl (C=O) groups is 1. The highest BCUT2D eigenvalue weighted by molar-refractivity contribution is 7.99. The van der Waals surface area contributed by atoms with Crippen molar-refractivity contribution in [1.29, 1.82) is 0 Å². The second-order valence-electron chi connectivity index (χ2n) is 4.14. The average Bonchev–Trinajstić information content (AvgIpc) is 2.80. The fourth-order valence-electron chi connectivity index (χ4n) is 1.82. The summed E-state index contributed by atoms with van der Waals surface area (Å²) in [6, 6.07) is 7.76. The molecule has 1 unspecified atom stereocenters. The monoisotopic (exact) mass is 252 g/mol. The SMILES string of the molecule is O=C(O)CCc1cccc(OC2CCSC2)c1. The van der Waals surface area contributed by atoms with Crippen molar-refractivity contribution in [2.45, 2.75) is 25.4 Å². The third kappa shape index (κ3) is 3.97. The van der Waals surface area contributed by atoms with Crippen molar-refractivity contribution in [1.82, 2.24) is 0 Å². The smallest absolute Gasteiger partial charge is 0.303 e. The highest BCUT2D eigenvalue weighted by atomic mass is 32.2. The van der Waals surface area contributed by atoms with E-state index in [4.69, 9.17) is 9.84 Å². The van der Waals surface area contributed by atoms with E-state index in [0.29, 0.717) is 12.5 Å². The van der Waals surface area contributed by atoms with E-state index < -0.39 is 5.97 Å². The lowest BCUT2D eigenvalue weighted by Gasteiger charge is -2.13. The quantitative estimate of drug-likeness (QED) is 0.875. The van der Waals surface area contributed by atoms with Gasteiger partial charge in [0.1, 0.15) is 11.9 Å². The van der Waals surface area contributed by atoms with Gasteiger partial charge in [-0.1, -0.05) is 12.1 Å². The number of ether oxygens (including phenoxy) is 1. The molecule has 0 spiro atoms. The van der Waals surface area contributed by atoms with Crippen molar-refractivity contribution in [2.75, 3.05) is 11.5 Å². The first-order valence-electron chi connectivity index (χ1n) is 5.79. The molecule has 4 heteroatoms. The van der Waals surface area contributed by atoms with Gasteiger partial charge < -0.3 is 9.84 Å². The van der Waals surface area contributed by atoms with E-state index in [2.05, 4.69) is 0 Å². The second-order valence-corrected chi connectivity index (χ2v) is 5.29. The predicted octanol–water partition coefficient (Wildman–Crippen LogP) is 2.59. The molecule has 0 amide bonds. The number of rotatable bonds is 5. The van der Waals surface area contributed by atoms with Crippen LogP contribution in [0.1, 0.15) is 18.4 Å². The van der Waals surface area contributed by atoms with Crippen LogP contribution in [0.3, 0.4) is 0 Å². The molecule has 0 saturated carbocycles. The van der Waals surface area contributed by atoms with E-state index in [0.717, 1.165) is 23.5 Å². The van der Waals surface area contributed by atoms with Gasteiger partial charge in [0.15, 0.2) is 0 Å². The fourth-order valence-corrected chi connectivity index (χ4v) is 2.92. The van der Waals surface area contributed by atoms with E-state index in [1.807, 2.05) is 36.0 Å². The Morgan fingerprint density at radius 3 is 3.12 bits per heavy atom. The van der Waals surface area contributed by atoms with Crippen molar-refractivity contribution >= 4 is 17.7 Å². The first-order chi connectivity index (χ1) is 8.24. The molecule has 0 bridgehead atoms. The van der Waals surface area contributed by atoms with Gasteiger partial charge in [-0.2, -0.15) is 11.8 Å². The van der Waals surface area contributed by atoms with Gasteiger partial charge in [-0.25, -0.2) is 0 Å². The summed E-state index contributed by atoms with van der Waals surface area (Å²) in [6.07, 6.45) is 2.15. The van der Waals surface area contributed by atoms with Crippen LogP contribution in [0.4, 0.5) is 0 Å². The Hall–Kier alpha value is -1.16. The lowest BCUT2D eigenvalue weighted by atomic mass is 10.1. The topological polar surface area (TPSA) is 46.5 Å². The number of hydrogen-bond acceptors (Lipinski definition) is 3. The van der Waals surface area contributed by atoms with E-state index in [1.165, 1.54) is 5.75 Å². The summed E-state index contributed by atoms with van der Waals surface area (Å²) < 4.78 is 5.85. The molecule has 1 fully saturated rings. The minimum atomic E-state index is -0.761. The summed E-state index contributed by atoms with van der Waals surface area (Å²) in [7, 11) is 0. The minimum absolute atomic E-state index is 0.169. The summed E-state index contributed by atoms with van der Waals surface area (Å²) in [5.41, 5.74) is 1.02. The van der Waals surface area contributed by atoms with Crippen LogP contribution < -0.4 is 4.74 Å². The third-order valence-corrected chi connectivity index (χ3v) is 3.85. The lowest BCUT2D eigenvalue weighted by molar-refractivity contribution is -0.136. The molecule has 0 aliphatic carbocycles. The molecule has 92 valence electrons. The van der Waals surface area contributed by atoms with Crippen molar-refractivity contribution in [3.8, 4) is 5.75 Å². The molecule has 17 heavy (non-hydrogen) atoms. The number of hydrogen-bond donors (Lipinski definition) is 1. The molecule has 1 aliphatic heterocycles. The molecule has 0 radical (unpaired) electrons. The van der Waals surface area contributed by atoms with E-state index in [1.54, 1.807) is 0 Å². The van der Waals surface area contributed by atoms with Gasteiger partial charge in [0, 0.05) is 12.2 Å². The molecular formula is C13H16O3S. The Bertz CT molecular complexity index is 386. The molecule has 1 N–H and O–H groups in total.